The summed E-state index contributed by atoms with van der Waals surface area (Å²) in [5, 5.41) is 0.462. The van der Waals surface area contributed by atoms with Gasteiger partial charge in [0.15, 0.2) is 0 Å². The minimum atomic E-state index is 0.462. The molecule has 0 unspecified atom stereocenters. The van der Waals surface area contributed by atoms with E-state index in [4.69, 9.17) is 26.3 Å². The van der Waals surface area contributed by atoms with Gasteiger partial charge in [-0.3, -0.25) is 0 Å². The molecule has 2 fully saturated rings. The maximum atomic E-state index is 6.31. The largest absolute Gasteiger partial charge is 0.378 e. The Morgan fingerprint density at radius 2 is 1.88 bits per heavy atom. The lowest BCUT2D eigenvalue weighted by atomic mass is 10.1. The molecular weight excluding hydrogens is 350 g/mol. The number of anilines is 1. The standard InChI is InChI=1S/C19H20ClN5O/c1-12-21-15-5-2-13(10-17(15)25(12)14-3-4-14)16-11-18(20)23-19(22-16)24-6-8-26-9-7-24/h2,5,10-11,14H,3-4,6-9H2,1H3. The minimum Gasteiger partial charge on any atom is -0.378 e. The van der Waals surface area contributed by atoms with Gasteiger partial charge >= 0.3 is 0 Å². The molecule has 1 saturated heterocycles. The number of rotatable bonds is 3. The van der Waals surface area contributed by atoms with Crippen LogP contribution in [0.5, 0.6) is 0 Å². The normalized spacial score (nSPS) is 17.8. The molecule has 0 radical (unpaired) electrons. The molecule has 1 saturated carbocycles. The number of imidazole rings is 1. The molecule has 1 aliphatic heterocycles. The second-order valence-corrected chi connectivity index (χ2v) is 7.33. The number of halogens is 1. The fourth-order valence-electron chi connectivity index (χ4n) is 3.62. The van der Waals surface area contributed by atoms with Crippen LogP contribution in [0, 0.1) is 6.92 Å². The van der Waals surface area contributed by atoms with Crippen molar-refractivity contribution in [2.24, 2.45) is 0 Å². The van der Waals surface area contributed by atoms with Gasteiger partial charge in [-0.15, -0.1) is 0 Å². The van der Waals surface area contributed by atoms with E-state index in [0.717, 1.165) is 35.7 Å². The molecule has 26 heavy (non-hydrogen) atoms. The van der Waals surface area contributed by atoms with Crippen molar-refractivity contribution >= 4 is 28.6 Å². The molecule has 2 aromatic heterocycles. The van der Waals surface area contributed by atoms with Crippen molar-refractivity contribution in [3.63, 3.8) is 0 Å². The maximum absolute atomic E-state index is 6.31. The van der Waals surface area contributed by atoms with Crippen LogP contribution < -0.4 is 4.90 Å². The highest BCUT2D eigenvalue weighted by molar-refractivity contribution is 6.29. The highest BCUT2D eigenvalue weighted by Gasteiger charge is 2.27. The highest BCUT2D eigenvalue weighted by Crippen LogP contribution is 2.39. The molecule has 5 rings (SSSR count). The van der Waals surface area contributed by atoms with Gasteiger partial charge in [-0.05, 0) is 31.9 Å². The lowest BCUT2D eigenvalue weighted by Gasteiger charge is -2.27. The molecule has 1 aliphatic carbocycles. The summed E-state index contributed by atoms with van der Waals surface area (Å²) in [6.07, 6.45) is 2.47. The zero-order chi connectivity index (χ0) is 17.7. The van der Waals surface area contributed by atoms with E-state index in [-0.39, 0.29) is 0 Å². The first-order chi connectivity index (χ1) is 12.7. The van der Waals surface area contributed by atoms with Gasteiger partial charge in [-0.25, -0.2) is 15.0 Å². The molecule has 0 amide bonds. The third-order valence-electron chi connectivity index (χ3n) is 5.05. The van der Waals surface area contributed by atoms with Gasteiger partial charge in [0.1, 0.15) is 11.0 Å². The lowest BCUT2D eigenvalue weighted by Crippen LogP contribution is -2.37. The molecule has 134 valence electrons. The molecule has 2 aliphatic rings. The monoisotopic (exact) mass is 369 g/mol. The summed E-state index contributed by atoms with van der Waals surface area (Å²) in [5.41, 5.74) is 4.09. The molecule has 0 spiro atoms. The number of fused-ring (bicyclic) bond motifs is 1. The number of aromatic nitrogens is 4. The van der Waals surface area contributed by atoms with E-state index < -0.39 is 0 Å². The molecule has 7 heteroatoms. The Kier molecular flexibility index (Phi) is 3.83. The Labute approximate surface area is 156 Å². The molecule has 0 bridgehead atoms. The molecule has 0 N–H and O–H groups in total. The van der Waals surface area contributed by atoms with Crippen LogP contribution in [0.1, 0.15) is 24.7 Å². The zero-order valence-corrected chi connectivity index (χ0v) is 15.4. The van der Waals surface area contributed by atoms with E-state index in [1.165, 1.54) is 18.4 Å². The van der Waals surface area contributed by atoms with Gasteiger partial charge < -0.3 is 14.2 Å². The van der Waals surface area contributed by atoms with Gasteiger partial charge in [-0.1, -0.05) is 17.7 Å². The summed E-state index contributed by atoms with van der Waals surface area (Å²) < 4.78 is 7.77. The Morgan fingerprint density at radius 1 is 1.08 bits per heavy atom. The van der Waals surface area contributed by atoms with E-state index in [2.05, 4.69) is 39.6 Å². The van der Waals surface area contributed by atoms with E-state index in [0.29, 0.717) is 30.4 Å². The van der Waals surface area contributed by atoms with Crippen LogP contribution in [-0.2, 0) is 4.74 Å². The first-order valence-corrected chi connectivity index (χ1v) is 9.43. The quantitative estimate of drug-likeness (QED) is 0.660. The van der Waals surface area contributed by atoms with Gasteiger partial charge in [0.2, 0.25) is 5.95 Å². The molecule has 3 aromatic rings. The Bertz CT molecular complexity index is 975. The number of hydrogen-bond donors (Lipinski definition) is 0. The summed E-state index contributed by atoms with van der Waals surface area (Å²) in [5.74, 6) is 1.75. The first-order valence-electron chi connectivity index (χ1n) is 9.05. The van der Waals surface area contributed by atoms with Crippen LogP contribution in [-0.4, -0.2) is 45.8 Å². The summed E-state index contributed by atoms with van der Waals surface area (Å²) in [6, 6.07) is 8.73. The SMILES string of the molecule is Cc1nc2ccc(-c3cc(Cl)nc(N4CCOCC4)n3)cc2n1C1CC1. The van der Waals surface area contributed by atoms with Crippen molar-refractivity contribution in [2.45, 2.75) is 25.8 Å². The average Bonchev–Trinajstić information content (AvgIpc) is 3.43. The topological polar surface area (TPSA) is 56.1 Å². The summed E-state index contributed by atoms with van der Waals surface area (Å²) in [4.78, 5) is 16.0. The molecule has 3 heterocycles. The zero-order valence-electron chi connectivity index (χ0n) is 14.7. The number of aryl methyl sites for hydroxylation is 1. The number of benzene rings is 1. The molecular formula is C19H20ClN5O. The molecule has 0 atom stereocenters. The number of nitrogens with zero attached hydrogens (tertiary/aromatic N) is 5. The van der Waals surface area contributed by atoms with Crippen LogP contribution in [0.15, 0.2) is 24.3 Å². The van der Waals surface area contributed by atoms with Crippen molar-refractivity contribution in [3.8, 4) is 11.3 Å². The minimum absolute atomic E-state index is 0.462. The van der Waals surface area contributed by atoms with E-state index in [9.17, 15) is 0 Å². The fraction of sp³-hybridized carbons (Fsp3) is 0.421. The van der Waals surface area contributed by atoms with E-state index >= 15 is 0 Å². The van der Waals surface area contributed by atoms with Crippen molar-refractivity contribution in [1.82, 2.24) is 19.5 Å². The predicted molar refractivity (Wildman–Crippen MR) is 102 cm³/mol. The molecule has 6 nitrogen and oxygen atoms in total. The number of ether oxygens (including phenoxy) is 1. The number of hydrogen-bond acceptors (Lipinski definition) is 5. The maximum Gasteiger partial charge on any atom is 0.227 e. The van der Waals surface area contributed by atoms with Crippen molar-refractivity contribution in [3.05, 3.63) is 35.2 Å². The average molecular weight is 370 g/mol. The Hall–Kier alpha value is -2.18. The van der Waals surface area contributed by atoms with Crippen molar-refractivity contribution in [1.29, 1.82) is 0 Å². The summed E-state index contributed by atoms with van der Waals surface area (Å²) >= 11 is 6.31. The van der Waals surface area contributed by atoms with E-state index in [1.807, 2.05) is 6.07 Å². The van der Waals surface area contributed by atoms with E-state index in [1.54, 1.807) is 0 Å². The Balaban J connectivity index is 1.58. The number of morpholine rings is 1. The van der Waals surface area contributed by atoms with Crippen LogP contribution >= 0.6 is 11.6 Å². The summed E-state index contributed by atoms with van der Waals surface area (Å²) in [6.45, 7) is 5.03. The third-order valence-corrected chi connectivity index (χ3v) is 5.24. The Morgan fingerprint density at radius 3 is 2.65 bits per heavy atom. The van der Waals surface area contributed by atoms with Gasteiger partial charge in [0, 0.05) is 30.8 Å². The first kappa shape index (κ1) is 16.0. The second kappa shape index (κ2) is 6.21. The second-order valence-electron chi connectivity index (χ2n) is 6.94. The van der Waals surface area contributed by atoms with Crippen LogP contribution in [0.25, 0.3) is 22.3 Å². The smallest absolute Gasteiger partial charge is 0.227 e. The van der Waals surface area contributed by atoms with Crippen molar-refractivity contribution < 1.29 is 4.74 Å². The summed E-state index contributed by atoms with van der Waals surface area (Å²) in [7, 11) is 0. The van der Waals surface area contributed by atoms with Crippen molar-refractivity contribution in [2.75, 3.05) is 31.2 Å². The van der Waals surface area contributed by atoms with Crippen LogP contribution in [0.2, 0.25) is 5.15 Å². The van der Waals surface area contributed by atoms with Gasteiger partial charge in [-0.2, -0.15) is 0 Å². The van der Waals surface area contributed by atoms with Gasteiger partial charge in [0.25, 0.3) is 0 Å². The predicted octanol–water partition coefficient (Wildman–Crippen LogP) is 3.63. The third kappa shape index (κ3) is 2.83. The van der Waals surface area contributed by atoms with Crippen LogP contribution in [0.4, 0.5) is 5.95 Å². The van der Waals surface area contributed by atoms with Crippen LogP contribution in [0.3, 0.4) is 0 Å². The molecule has 1 aromatic carbocycles. The lowest BCUT2D eigenvalue weighted by molar-refractivity contribution is 0.122. The van der Waals surface area contributed by atoms with Gasteiger partial charge in [0.05, 0.1) is 29.9 Å². The highest BCUT2D eigenvalue weighted by atomic mass is 35.5. The fourth-order valence-corrected chi connectivity index (χ4v) is 3.80.